The highest BCUT2D eigenvalue weighted by Crippen LogP contribution is 2.47. The molecule has 1 saturated carbocycles. The van der Waals surface area contributed by atoms with Crippen molar-refractivity contribution in [3.8, 4) is 0 Å². The van der Waals surface area contributed by atoms with Gasteiger partial charge in [0.05, 0.1) is 11.5 Å². The van der Waals surface area contributed by atoms with Crippen molar-refractivity contribution >= 4 is 11.8 Å². The van der Waals surface area contributed by atoms with E-state index < -0.39 is 0 Å². The average Bonchev–Trinajstić information content (AvgIpc) is 3.29. The fourth-order valence-electron chi connectivity index (χ4n) is 4.98. The Morgan fingerprint density at radius 2 is 1.89 bits per heavy atom. The van der Waals surface area contributed by atoms with Crippen molar-refractivity contribution in [1.82, 2.24) is 10.2 Å². The van der Waals surface area contributed by atoms with E-state index in [1.165, 1.54) is 5.56 Å². The number of likely N-dealkylation sites (tertiary alicyclic amines) is 1. The van der Waals surface area contributed by atoms with Crippen molar-refractivity contribution in [3.05, 3.63) is 35.9 Å². The van der Waals surface area contributed by atoms with Crippen molar-refractivity contribution in [2.45, 2.75) is 63.5 Å². The molecule has 27 heavy (non-hydrogen) atoms. The van der Waals surface area contributed by atoms with Crippen LogP contribution in [0.15, 0.2) is 30.3 Å². The largest absolute Gasteiger partial charge is 0.377 e. The molecule has 0 spiro atoms. The lowest BCUT2D eigenvalue weighted by molar-refractivity contribution is -0.134. The Bertz CT molecular complexity index is 657. The monoisotopic (exact) mass is 370 g/mol. The fourth-order valence-corrected chi connectivity index (χ4v) is 4.98. The number of benzene rings is 1. The van der Waals surface area contributed by atoms with Crippen LogP contribution in [0.1, 0.15) is 50.5 Å². The Balaban J connectivity index is 1.23. The Hall–Kier alpha value is -1.88. The van der Waals surface area contributed by atoms with E-state index in [1.807, 2.05) is 23.1 Å². The Labute approximate surface area is 161 Å². The van der Waals surface area contributed by atoms with Crippen molar-refractivity contribution in [2.75, 3.05) is 19.7 Å². The third kappa shape index (κ3) is 3.88. The minimum absolute atomic E-state index is 0.122. The van der Waals surface area contributed by atoms with Crippen molar-refractivity contribution < 1.29 is 14.3 Å². The van der Waals surface area contributed by atoms with Crippen LogP contribution >= 0.6 is 0 Å². The molecule has 0 unspecified atom stereocenters. The van der Waals surface area contributed by atoms with Crippen molar-refractivity contribution in [3.63, 3.8) is 0 Å². The summed E-state index contributed by atoms with van der Waals surface area (Å²) < 4.78 is 5.79. The highest BCUT2D eigenvalue weighted by molar-refractivity contribution is 5.84. The molecule has 5 heteroatoms. The first-order valence-electron chi connectivity index (χ1n) is 10.4. The van der Waals surface area contributed by atoms with E-state index in [4.69, 9.17) is 4.74 Å². The third-order valence-corrected chi connectivity index (χ3v) is 6.68. The summed E-state index contributed by atoms with van der Waals surface area (Å²) in [6.45, 7) is 2.20. The summed E-state index contributed by atoms with van der Waals surface area (Å²) >= 11 is 0. The van der Waals surface area contributed by atoms with Crippen LogP contribution in [0.3, 0.4) is 0 Å². The molecule has 0 radical (unpaired) electrons. The molecule has 0 aromatic heterocycles. The molecule has 2 atom stereocenters. The van der Waals surface area contributed by atoms with Gasteiger partial charge in [-0.2, -0.15) is 0 Å². The summed E-state index contributed by atoms with van der Waals surface area (Å²) in [5.41, 5.74) is 0.931. The predicted octanol–water partition coefficient (Wildman–Crippen LogP) is 2.69. The lowest BCUT2D eigenvalue weighted by atomic mass is 9.81. The maximum absolute atomic E-state index is 12.9. The zero-order valence-electron chi connectivity index (χ0n) is 16.0. The zero-order valence-corrected chi connectivity index (χ0v) is 16.0. The Kier molecular flexibility index (Phi) is 5.48. The Morgan fingerprint density at radius 3 is 2.67 bits per heavy atom. The molecule has 1 aromatic carbocycles. The zero-order chi connectivity index (χ0) is 18.7. The first-order valence-corrected chi connectivity index (χ1v) is 10.4. The minimum Gasteiger partial charge on any atom is -0.377 e. The summed E-state index contributed by atoms with van der Waals surface area (Å²) in [6.07, 6.45) is 7.10. The van der Waals surface area contributed by atoms with Crippen LogP contribution in [0.2, 0.25) is 0 Å². The highest BCUT2D eigenvalue weighted by atomic mass is 16.5. The van der Waals surface area contributed by atoms with Gasteiger partial charge in [0.2, 0.25) is 11.8 Å². The first kappa shape index (κ1) is 18.5. The summed E-state index contributed by atoms with van der Waals surface area (Å²) in [6, 6.07) is 10.3. The SMILES string of the molecule is O=C(CCc1ccccc1)N1CCC(NC(=O)[C@]23CCC[C@H]2OCC3)CC1. The van der Waals surface area contributed by atoms with Gasteiger partial charge in [0.15, 0.2) is 0 Å². The van der Waals surface area contributed by atoms with Gasteiger partial charge < -0.3 is 15.0 Å². The second kappa shape index (κ2) is 8.01. The van der Waals surface area contributed by atoms with Crippen molar-refractivity contribution in [2.24, 2.45) is 5.41 Å². The first-order chi connectivity index (χ1) is 13.2. The van der Waals surface area contributed by atoms with Crippen LogP contribution < -0.4 is 5.32 Å². The molecule has 2 saturated heterocycles. The number of ether oxygens (including phenoxy) is 1. The second-order valence-electron chi connectivity index (χ2n) is 8.27. The molecule has 1 aromatic rings. The van der Waals surface area contributed by atoms with Crippen LogP contribution in [0.25, 0.3) is 0 Å². The van der Waals surface area contributed by atoms with E-state index in [-0.39, 0.29) is 29.4 Å². The molecule has 3 aliphatic rings. The van der Waals surface area contributed by atoms with E-state index in [0.29, 0.717) is 13.0 Å². The van der Waals surface area contributed by atoms with Gasteiger partial charge in [0.1, 0.15) is 0 Å². The number of nitrogens with one attached hydrogen (secondary N) is 1. The van der Waals surface area contributed by atoms with E-state index in [1.54, 1.807) is 0 Å². The number of hydrogen-bond acceptors (Lipinski definition) is 3. The molecule has 146 valence electrons. The van der Waals surface area contributed by atoms with Gasteiger partial charge in [-0.15, -0.1) is 0 Å². The van der Waals surface area contributed by atoms with Crippen LogP contribution in [0, 0.1) is 5.41 Å². The van der Waals surface area contributed by atoms with Gasteiger partial charge in [0, 0.05) is 32.2 Å². The molecular formula is C22H30N2O3. The summed E-state index contributed by atoms with van der Waals surface area (Å²) in [5, 5.41) is 3.28. The maximum atomic E-state index is 12.9. The van der Waals surface area contributed by atoms with E-state index >= 15 is 0 Å². The molecule has 3 fully saturated rings. The van der Waals surface area contributed by atoms with E-state index in [9.17, 15) is 9.59 Å². The van der Waals surface area contributed by atoms with Crippen LogP contribution in [0.5, 0.6) is 0 Å². The van der Waals surface area contributed by atoms with Gasteiger partial charge >= 0.3 is 0 Å². The standard InChI is InChI=1S/C22H30N2O3/c25-20(9-8-17-5-2-1-3-6-17)24-14-10-18(11-15-24)23-21(26)22-12-4-7-19(22)27-16-13-22/h1-3,5-6,18-19H,4,7-16H2,(H,23,26)/t19-,22+/m1/s1. The molecule has 2 aliphatic heterocycles. The molecule has 1 N–H and O–H groups in total. The van der Waals surface area contributed by atoms with Crippen LogP contribution in [0.4, 0.5) is 0 Å². The molecule has 5 nitrogen and oxygen atoms in total. The lowest BCUT2D eigenvalue weighted by Gasteiger charge is -2.35. The fraction of sp³-hybridized carbons (Fsp3) is 0.636. The van der Waals surface area contributed by atoms with Crippen LogP contribution in [-0.2, 0) is 20.7 Å². The second-order valence-corrected chi connectivity index (χ2v) is 8.27. The molecular weight excluding hydrogens is 340 g/mol. The topological polar surface area (TPSA) is 58.6 Å². The van der Waals surface area contributed by atoms with Gasteiger partial charge in [-0.25, -0.2) is 0 Å². The number of rotatable bonds is 5. The van der Waals surface area contributed by atoms with Gasteiger partial charge in [0.25, 0.3) is 0 Å². The smallest absolute Gasteiger partial charge is 0.229 e. The van der Waals surface area contributed by atoms with Crippen LogP contribution in [-0.4, -0.2) is 48.6 Å². The maximum Gasteiger partial charge on any atom is 0.229 e. The van der Waals surface area contributed by atoms with Gasteiger partial charge in [-0.3, -0.25) is 9.59 Å². The highest BCUT2D eigenvalue weighted by Gasteiger charge is 2.53. The number of amides is 2. The minimum atomic E-state index is -0.275. The third-order valence-electron chi connectivity index (χ3n) is 6.68. The van der Waals surface area contributed by atoms with Crippen molar-refractivity contribution in [1.29, 1.82) is 0 Å². The number of nitrogens with zero attached hydrogens (tertiary/aromatic N) is 1. The molecule has 4 rings (SSSR count). The molecule has 2 heterocycles. The summed E-state index contributed by atoms with van der Waals surface area (Å²) in [4.78, 5) is 27.4. The summed E-state index contributed by atoms with van der Waals surface area (Å²) in [7, 11) is 0. The summed E-state index contributed by atoms with van der Waals surface area (Å²) in [5.74, 6) is 0.415. The number of fused-ring (bicyclic) bond motifs is 1. The number of carbonyl (C=O) groups excluding carboxylic acids is 2. The predicted molar refractivity (Wildman–Crippen MR) is 103 cm³/mol. The quantitative estimate of drug-likeness (QED) is 0.867. The van der Waals surface area contributed by atoms with E-state index in [0.717, 1.165) is 58.0 Å². The molecule has 2 amide bonds. The molecule has 1 aliphatic carbocycles. The molecule has 0 bridgehead atoms. The number of piperidine rings is 1. The average molecular weight is 370 g/mol. The number of carbonyl (C=O) groups is 2. The normalized spacial score (nSPS) is 28.1. The number of hydrogen-bond donors (Lipinski definition) is 1. The lowest BCUT2D eigenvalue weighted by Crippen LogP contribution is -2.51. The van der Waals surface area contributed by atoms with Gasteiger partial charge in [-0.1, -0.05) is 30.3 Å². The van der Waals surface area contributed by atoms with Gasteiger partial charge in [-0.05, 0) is 50.5 Å². The number of aryl methyl sites for hydroxylation is 1. The van der Waals surface area contributed by atoms with E-state index in [2.05, 4.69) is 17.4 Å². The Morgan fingerprint density at radius 1 is 1.11 bits per heavy atom.